The second kappa shape index (κ2) is 11.3. The summed E-state index contributed by atoms with van der Waals surface area (Å²) in [7, 11) is -2.05. The maximum absolute atomic E-state index is 13.1. The third kappa shape index (κ3) is 6.08. The van der Waals surface area contributed by atoms with Gasteiger partial charge in [-0.3, -0.25) is 4.79 Å². The summed E-state index contributed by atoms with van der Waals surface area (Å²) in [6.07, 6.45) is 2.63. The van der Waals surface area contributed by atoms with Crippen LogP contribution in [0.3, 0.4) is 0 Å². The number of nitrogens with zero attached hydrogens (tertiary/aromatic N) is 1. The van der Waals surface area contributed by atoms with Crippen molar-refractivity contribution in [1.82, 2.24) is 14.3 Å². The van der Waals surface area contributed by atoms with E-state index in [9.17, 15) is 13.2 Å². The number of amides is 1. The molecule has 8 nitrogen and oxygen atoms in total. The van der Waals surface area contributed by atoms with Crippen molar-refractivity contribution in [2.45, 2.75) is 63.2 Å². The summed E-state index contributed by atoms with van der Waals surface area (Å²) in [6.45, 7) is 4.97. The van der Waals surface area contributed by atoms with E-state index in [1.165, 1.54) is 4.31 Å². The van der Waals surface area contributed by atoms with Gasteiger partial charge in [0.2, 0.25) is 0 Å². The van der Waals surface area contributed by atoms with E-state index >= 15 is 0 Å². The second-order valence-electron chi connectivity index (χ2n) is 10.0. The fraction of sp³-hybridized carbons (Fsp3) is 0.519. The Morgan fingerprint density at radius 2 is 1.64 bits per heavy atom. The van der Waals surface area contributed by atoms with Gasteiger partial charge in [0.15, 0.2) is 0 Å². The number of hydrogen-bond donors (Lipinski definition) is 2. The lowest BCUT2D eigenvalue weighted by atomic mass is 9.68. The summed E-state index contributed by atoms with van der Waals surface area (Å²) in [5.74, 6) is 0.356. The number of ether oxygens (including phenoxy) is 2. The van der Waals surface area contributed by atoms with Gasteiger partial charge in [-0.1, -0.05) is 42.5 Å². The van der Waals surface area contributed by atoms with Gasteiger partial charge in [0, 0.05) is 31.1 Å². The lowest BCUT2D eigenvalue weighted by molar-refractivity contribution is -0.0445. The first-order chi connectivity index (χ1) is 17.2. The Kier molecular flexibility index (Phi) is 8.34. The van der Waals surface area contributed by atoms with E-state index in [-0.39, 0.29) is 29.6 Å². The fourth-order valence-electron chi connectivity index (χ4n) is 5.44. The van der Waals surface area contributed by atoms with Crippen LogP contribution >= 0.6 is 0 Å². The Bertz CT molecular complexity index is 1120. The number of morpholine rings is 1. The van der Waals surface area contributed by atoms with Gasteiger partial charge in [-0.25, -0.2) is 0 Å². The number of nitrogens with one attached hydrogen (secondary N) is 2. The van der Waals surface area contributed by atoms with E-state index in [2.05, 4.69) is 22.2 Å². The topological polar surface area (TPSA) is 97.0 Å². The molecule has 0 spiro atoms. The molecular formula is C27H37N3O5S. The molecule has 9 heteroatoms. The van der Waals surface area contributed by atoms with Gasteiger partial charge in [-0.15, -0.1) is 0 Å². The molecule has 2 atom stereocenters. The zero-order chi connectivity index (χ0) is 25.8. The number of benzene rings is 2. The zero-order valence-corrected chi connectivity index (χ0v) is 22.1. The highest BCUT2D eigenvalue weighted by molar-refractivity contribution is 7.87. The molecule has 0 aromatic heterocycles. The van der Waals surface area contributed by atoms with Crippen molar-refractivity contribution in [3.05, 3.63) is 65.7 Å². The predicted molar refractivity (Wildman–Crippen MR) is 139 cm³/mol. The molecule has 0 radical (unpaired) electrons. The van der Waals surface area contributed by atoms with Crippen LogP contribution in [0.5, 0.6) is 5.75 Å². The zero-order valence-electron chi connectivity index (χ0n) is 21.3. The van der Waals surface area contributed by atoms with Crippen LogP contribution in [0, 0.1) is 0 Å². The van der Waals surface area contributed by atoms with E-state index < -0.39 is 10.2 Å². The number of methoxy groups -OCH3 is 1. The van der Waals surface area contributed by atoms with Crippen LogP contribution < -0.4 is 14.8 Å². The SMILES string of the molecule is COc1ccccc1C(=O)NCC1(c2ccccc2)CCC(NS(=O)(=O)N2CC(C)OC(C)C2)CC1. The molecule has 0 bridgehead atoms. The predicted octanol–water partition coefficient (Wildman–Crippen LogP) is 3.25. The largest absolute Gasteiger partial charge is 0.496 e. The van der Waals surface area contributed by atoms with Gasteiger partial charge in [-0.2, -0.15) is 17.4 Å². The number of hydrogen-bond acceptors (Lipinski definition) is 5. The van der Waals surface area contributed by atoms with Gasteiger partial charge in [-0.05, 0) is 57.2 Å². The molecule has 36 heavy (non-hydrogen) atoms. The molecule has 1 heterocycles. The molecule has 196 valence electrons. The first-order valence-corrected chi connectivity index (χ1v) is 14.1. The van der Waals surface area contributed by atoms with E-state index in [1.54, 1.807) is 19.2 Å². The quantitative estimate of drug-likeness (QED) is 0.563. The minimum absolute atomic E-state index is 0.130. The Hall–Kier alpha value is -2.46. The average Bonchev–Trinajstić information content (AvgIpc) is 2.88. The van der Waals surface area contributed by atoms with Crippen molar-refractivity contribution in [2.75, 3.05) is 26.7 Å². The Morgan fingerprint density at radius 3 is 2.28 bits per heavy atom. The molecule has 1 amide bonds. The molecule has 1 aliphatic carbocycles. The first-order valence-electron chi connectivity index (χ1n) is 12.6. The smallest absolute Gasteiger partial charge is 0.279 e. The third-order valence-electron chi connectivity index (χ3n) is 7.31. The maximum atomic E-state index is 13.1. The molecular weight excluding hydrogens is 478 g/mol. The van der Waals surface area contributed by atoms with Gasteiger partial charge >= 0.3 is 0 Å². The minimum Gasteiger partial charge on any atom is -0.496 e. The monoisotopic (exact) mass is 515 g/mol. The van der Waals surface area contributed by atoms with Crippen molar-refractivity contribution in [1.29, 1.82) is 0 Å². The standard InChI is InChI=1S/C27H37N3O5S/c1-20-17-30(18-21(2)35-20)36(32,33)29-23-13-15-27(16-14-23,22-9-5-4-6-10-22)19-28-26(31)24-11-7-8-12-25(24)34-3/h4-12,20-21,23,29H,13-19H2,1-3H3,(H,28,31). The van der Waals surface area contributed by atoms with E-state index in [4.69, 9.17) is 9.47 Å². The summed E-state index contributed by atoms with van der Waals surface area (Å²) in [5, 5.41) is 3.13. The third-order valence-corrected chi connectivity index (χ3v) is 8.92. The summed E-state index contributed by atoms with van der Waals surface area (Å²) in [5.41, 5.74) is 1.38. The van der Waals surface area contributed by atoms with Crippen molar-refractivity contribution in [3.8, 4) is 5.75 Å². The molecule has 2 aromatic carbocycles. The summed E-state index contributed by atoms with van der Waals surface area (Å²) in [4.78, 5) is 13.0. The van der Waals surface area contributed by atoms with Gasteiger partial charge in [0.1, 0.15) is 5.75 Å². The Balaban J connectivity index is 1.45. The molecule has 2 unspecified atom stereocenters. The van der Waals surface area contributed by atoms with Crippen LogP contribution in [0.25, 0.3) is 0 Å². The number of carbonyl (C=O) groups is 1. The van der Waals surface area contributed by atoms with Crippen molar-refractivity contribution < 1.29 is 22.7 Å². The second-order valence-corrected chi connectivity index (χ2v) is 11.7. The molecule has 2 fully saturated rings. The van der Waals surface area contributed by atoms with Gasteiger partial charge in [0.25, 0.3) is 16.1 Å². The number of carbonyl (C=O) groups excluding carboxylic acids is 1. The van der Waals surface area contributed by atoms with E-state index in [0.29, 0.717) is 43.8 Å². The van der Waals surface area contributed by atoms with Crippen LogP contribution in [-0.2, 0) is 20.4 Å². The Morgan fingerprint density at radius 1 is 1.03 bits per heavy atom. The van der Waals surface area contributed by atoms with E-state index in [0.717, 1.165) is 18.4 Å². The van der Waals surface area contributed by atoms with Crippen LogP contribution in [-0.4, -0.2) is 63.6 Å². The lowest BCUT2D eigenvalue weighted by Gasteiger charge is -2.42. The minimum atomic E-state index is -3.60. The number of rotatable bonds is 8. The average molecular weight is 516 g/mol. The van der Waals surface area contributed by atoms with Crippen molar-refractivity contribution in [2.24, 2.45) is 0 Å². The highest BCUT2D eigenvalue weighted by atomic mass is 32.2. The molecule has 4 rings (SSSR count). The summed E-state index contributed by atoms with van der Waals surface area (Å²) in [6, 6.07) is 17.2. The molecule has 1 saturated carbocycles. The highest BCUT2D eigenvalue weighted by Gasteiger charge is 2.40. The normalized spacial score (nSPS) is 27.4. The van der Waals surface area contributed by atoms with Gasteiger partial charge < -0.3 is 14.8 Å². The van der Waals surface area contributed by atoms with E-state index in [1.807, 2.05) is 44.2 Å². The van der Waals surface area contributed by atoms with Crippen LogP contribution in [0.2, 0.25) is 0 Å². The van der Waals surface area contributed by atoms with Gasteiger partial charge in [0.05, 0.1) is 24.9 Å². The maximum Gasteiger partial charge on any atom is 0.279 e. The molecule has 2 N–H and O–H groups in total. The number of para-hydroxylation sites is 1. The van der Waals surface area contributed by atoms with Crippen molar-refractivity contribution >= 4 is 16.1 Å². The van der Waals surface area contributed by atoms with Crippen LogP contribution in [0.15, 0.2) is 54.6 Å². The molecule has 2 aromatic rings. The summed E-state index contributed by atoms with van der Waals surface area (Å²) >= 11 is 0. The molecule has 2 aliphatic rings. The molecule has 1 aliphatic heterocycles. The first kappa shape index (κ1) is 26.6. The highest BCUT2D eigenvalue weighted by Crippen LogP contribution is 2.39. The van der Waals surface area contributed by atoms with Crippen molar-refractivity contribution in [3.63, 3.8) is 0 Å². The molecule has 1 saturated heterocycles. The Labute approximate surface area is 214 Å². The van der Waals surface area contributed by atoms with Crippen LogP contribution in [0.1, 0.15) is 55.5 Å². The lowest BCUT2D eigenvalue weighted by Crippen LogP contribution is -2.55. The summed E-state index contributed by atoms with van der Waals surface area (Å²) < 4.78 is 41.7. The van der Waals surface area contributed by atoms with Crippen LogP contribution in [0.4, 0.5) is 0 Å². The fourth-order valence-corrected chi connectivity index (χ4v) is 7.05.